The van der Waals surface area contributed by atoms with Gasteiger partial charge in [0.2, 0.25) is 0 Å². The number of phenols is 1. The van der Waals surface area contributed by atoms with E-state index in [0.29, 0.717) is 5.75 Å². The van der Waals surface area contributed by atoms with Crippen LogP contribution in [0.2, 0.25) is 0 Å². The maximum Gasteiger partial charge on any atom is 0.128 e. The normalized spacial score (nSPS) is 11.8. The van der Waals surface area contributed by atoms with E-state index in [-0.39, 0.29) is 5.41 Å². The predicted molar refractivity (Wildman–Crippen MR) is 87.1 cm³/mol. The topological polar surface area (TPSA) is 41.8 Å². The number of nitrogens with zero attached hydrogens (tertiary/aromatic N) is 1. The monoisotopic (exact) mass is 283 g/mol. The molecule has 0 aliphatic rings. The number of methoxy groups -OCH3 is 1. The van der Waals surface area contributed by atoms with Crippen molar-refractivity contribution in [2.45, 2.75) is 26.2 Å². The number of phenolic OH excluding ortho intramolecular Hbond substituents is 1. The Morgan fingerprint density at radius 2 is 1.71 bits per heavy atom. The van der Waals surface area contributed by atoms with E-state index in [0.717, 1.165) is 22.6 Å². The zero-order valence-corrected chi connectivity index (χ0v) is 12.9. The number of benzene rings is 2. The molecule has 0 saturated heterocycles. The summed E-state index contributed by atoms with van der Waals surface area (Å²) in [5.74, 6) is 1.09. The van der Waals surface area contributed by atoms with Crippen molar-refractivity contribution in [1.82, 2.24) is 0 Å². The lowest BCUT2D eigenvalue weighted by molar-refractivity contribution is 0.415. The Hall–Kier alpha value is -2.29. The second-order valence-electron chi connectivity index (χ2n) is 5.95. The molecule has 0 heterocycles. The Kier molecular flexibility index (Phi) is 4.32. The van der Waals surface area contributed by atoms with Gasteiger partial charge in [-0.2, -0.15) is 0 Å². The van der Waals surface area contributed by atoms with Gasteiger partial charge in [0, 0.05) is 11.8 Å². The molecular weight excluding hydrogens is 262 g/mol. The van der Waals surface area contributed by atoms with E-state index >= 15 is 0 Å². The third kappa shape index (κ3) is 3.63. The van der Waals surface area contributed by atoms with E-state index in [9.17, 15) is 5.11 Å². The molecular formula is C18H21NO2. The number of aromatic hydroxyl groups is 1. The molecule has 21 heavy (non-hydrogen) atoms. The van der Waals surface area contributed by atoms with Gasteiger partial charge >= 0.3 is 0 Å². The highest BCUT2D eigenvalue weighted by Gasteiger charge is 2.18. The number of hydrogen-bond acceptors (Lipinski definition) is 3. The molecule has 2 rings (SSSR count). The Morgan fingerprint density at radius 1 is 1.05 bits per heavy atom. The smallest absolute Gasteiger partial charge is 0.128 e. The number of rotatable bonds is 3. The third-order valence-corrected chi connectivity index (χ3v) is 3.30. The van der Waals surface area contributed by atoms with Gasteiger partial charge in [0.15, 0.2) is 0 Å². The lowest BCUT2D eigenvalue weighted by atomic mass is 9.85. The largest absolute Gasteiger partial charge is 0.507 e. The maximum absolute atomic E-state index is 10.4. The van der Waals surface area contributed by atoms with Gasteiger partial charge in [-0.3, -0.25) is 4.99 Å². The molecule has 0 aromatic heterocycles. The Labute approximate surface area is 125 Å². The number of aliphatic imine (C=N–C) groups is 1. The molecule has 0 fully saturated rings. The summed E-state index contributed by atoms with van der Waals surface area (Å²) in [4.78, 5) is 4.40. The van der Waals surface area contributed by atoms with Crippen molar-refractivity contribution in [2.75, 3.05) is 7.11 Å². The van der Waals surface area contributed by atoms with Gasteiger partial charge in [-0.1, -0.05) is 32.9 Å². The standard InChI is InChI=1S/C18H21NO2/c1-18(2,3)16-7-5-6-13(17(16)20)12-19-14-8-10-15(21-4)11-9-14/h5-12,20H,1-4H3. The summed E-state index contributed by atoms with van der Waals surface area (Å²) >= 11 is 0. The molecule has 3 heteroatoms. The summed E-state index contributed by atoms with van der Waals surface area (Å²) in [6, 6.07) is 13.2. The molecule has 0 saturated carbocycles. The van der Waals surface area contributed by atoms with Crippen molar-refractivity contribution in [3.63, 3.8) is 0 Å². The summed E-state index contributed by atoms with van der Waals surface area (Å²) in [5, 5.41) is 10.4. The van der Waals surface area contributed by atoms with Crippen LogP contribution in [-0.4, -0.2) is 18.4 Å². The van der Waals surface area contributed by atoms with Crippen LogP contribution in [0.5, 0.6) is 11.5 Å². The molecule has 2 aromatic rings. The molecule has 0 bridgehead atoms. The molecule has 1 N–H and O–H groups in total. The van der Waals surface area contributed by atoms with Crippen LogP contribution in [0, 0.1) is 0 Å². The van der Waals surface area contributed by atoms with Crippen LogP contribution in [0.1, 0.15) is 31.9 Å². The zero-order chi connectivity index (χ0) is 15.5. The minimum atomic E-state index is -0.103. The molecule has 0 radical (unpaired) electrons. The summed E-state index contributed by atoms with van der Waals surface area (Å²) in [7, 11) is 1.63. The minimum absolute atomic E-state index is 0.103. The summed E-state index contributed by atoms with van der Waals surface area (Å²) in [6.07, 6.45) is 1.69. The predicted octanol–water partition coefficient (Wildman–Crippen LogP) is 4.45. The van der Waals surface area contributed by atoms with Crippen LogP contribution in [0.4, 0.5) is 5.69 Å². The maximum atomic E-state index is 10.4. The highest BCUT2D eigenvalue weighted by atomic mass is 16.5. The zero-order valence-electron chi connectivity index (χ0n) is 12.9. The van der Waals surface area contributed by atoms with E-state index in [1.54, 1.807) is 13.3 Å². The minimum Gasteiger partial charge on any atom is -0.507 e. The first kappa shape index (κ1) is 15.1. The molecule has 0 atom stereocenters. The average Bonchev–Trinajstić information content (AvgIpc) is 2.45. The fourth-order valence-electron chi connectivity index (χ4n) is 2.08. The molecule has 0 spiro atoms. The van der Waals surface area contributed by atoms with Crippen molar-refractivity contribution in [3.8, 4) is 11.5 Å². The number of para-hydroxylation sites is 1. The number of hydrogen-bond donors (Lipinski definition) is 1. The molecule has 110 valence electrons. The SMILES string of the molecule is COc1ccc(N=Cc2cccc(C(C)(C)C)c2O)cc1. The van der Waals surface area contributed by atoms with E-state index in [1.807, 2.05) is 42.5 Å². The molecule has 0 amide bonds. The quantitative estimate of drug-likeness (QED) is 0.846. The van der Waals surface area contributed by atoms with Gasteiger partial charge in [-0.05, 0) is 41.3 Å². The van der Waals surface area contributed by atoms with Crippen molar-refractivity contribution in [2.24, 2.45) is 4.99 Å². The van der Waals surface area contributed by atoms with Crippen molar-refractivity contribution >= 4 is 11.9 Å². The van der Waals surface area contributed by atoms with E-state index in [1.165, 1.54) is 0 Å². The molecule has 3 nitrogen and oxygen atoms in total. The summed E-state index contributed by atoms with van der Waals surface area (Å²) in [6.45, 7) is 6.23. The van der Waals surface area contributed by atoms with Gasteiger partial charge in [-0.15, -0.1) is 0 Å². The van der Waals surface area contributed by atoms with Gasteiger partial charge < -0.3 is 9.84 Å². The first-order valence-corrected chi connectivity index (χ1v) is 6.92. The second-order valence-corrected chi connectivity index (χ2v) is 5.95. The lowest BCUT2D eigenvalue weighted by Crippen LogP contribution is -2.11. The molecule has 0 aliphatic carbocycles. The fourth-order valence-corrected chi connectivity index (χ4v) is 2.08. The summed E-state index contributed by atoms with van der Waals surface area (Å²) in [5.41, 5.74) is 2.35. The van der Waals surface area contributed by atoms with Crippen LogP contribution in [-0.2, 0) is 5.41 Å². The Balaban J connectivity index is 2.28. The van der Waals surface area contributed by atoms with Crippen LogP contribution in [0.25, 0.3) is 0 Å². The molecule has 0 aliphatic heterocycles. The second kappa shape index (κ2) is 6.00. The lowest BCUT2D eigenvalue weighted by Gasteiger charge is -2.21. The summed E-state index contributed by atoms with van der Waals surface area (Å²) < 4.78 is 5.11. The third-order valence-electron chi connectivity index (χ3n) is 3.30. The Bertz CT molecular complexity index is 637. The van der Waals surface area contributed by atoms with Gasteiger partial charge in [0.1, 0.15) is 11.5 Å². The van der Waals surface area contributed by atoms with Crippen LogP contribution < -0.4 is 4.74 Å². The molecule has 2 aromatic carbocycles. The van der Waals surface area contributed by atoms with Crippen molar-refractivity contribution in [1.29, 1.82) is 0 Å². The first-order chi connectivity index (χ1) is 9.91. The van der Waals surface area contributed by atoms with E-state index in [2.05, 4.69) is 25.8 Å². The fraction of sp³-hybridized carbons (Fsp3) is 0.278. The highest BCUT2D eigenvalue weighted by molar-refractivity contribution is 5.86. The van der Waals surface area contributed by atoms with Gasteiger partial charge in [0.25, 0.3) is 0 Å². The Morgan fingerprint density at radius 3 is 2.29 bits per heavy atom. The number of ether oxygens (including phenoxy) is 1. The van der Waals surface area contributed by atoms with Crippen molar-refractivity contribution < 1.29 is 9.84 Å². The van der Waals surface area contributed by atoms with E-state index < -0.39 is 0 Å². The van der Waals surface area contributed by atoms with Gasteiger partial charge in [0.05, 0.1) is 12.8 Å². The average molecular weight is 283 g/mol. The van der Waals surface area contributed by atoms with Crippen LogP contribution >= 0.6 is 0 Å². The van der Waals surface area contributed by atoms with Crippen LogP contribution in [0.15, 0.2) is 47.5 Å². The first-order valence-electron chi connectivity index (χ1n) is 6.92. The molecule has 0 unspecified atom stereocenters. The van der Waals surface area contributed by atoms with E-state index in [4.69, 9.17) is 4.74 Å². The van der Waals surface area contributed by atoms with Crippen molar-refractivity contribution in [3.05, 3.63) is 53.6 Å². The highest BCUT2D eigenvalue weighted by Crippen LogP contribution is 2.32. The van der Waals surface area contributed by atoms with Crippen LogP contribution in [0.3, 0.4) is 0 Å². The van der Waals surface area contributed by atoms with Gasteiger partial charge in [-0.25, -0.2) is 0 Å².